The third-order valence-corrected chi connectivity index (χ3v) is 6.09. The molecule has 0 N–H and O–H groups in total. The van der Waals surface area contributed by atoms with E-state index in [0.717, 1.165) is 18.4 Å². The van der Waals surface area contributed by atoms with Gasteiger partial charge >= 0.3 is 6.09 Å². The van der Waals surface area contributed by atoms with Crippen molar-refractivity contribution >= 4 is 12.0 Å². The predicted octanol–water partition coefficient (Wildman–Crippen LogP) is 4.53. The highest BCUT2D eigenvalue weighted by atomic mass is 16.6. The van der Waals surface area contributed by atoms with E-state index >= 15 is 0 Å². The van der Waals surface area contributed by atoms with Crippen molar-refractivity contribution in [3.63, 3.8) is 0 Å². The van der Waals surface area contributed by atoms with E-state index in [1.54, 1.807) is 29.2 Å². The molecule has 1 aliphatic carbocycles. The van der Waals surface area contributed by atoms with E-state index in [4.69, 9.17) is 14.5 Å². The van der Waals surface area contributed by atoms with Gasteiger partial charge in [-0.1, -0.05) is 5.16 Å². The second-order valence-electron chi connectivity index (χ2n) is 9.82. The van der Waals surface area contributed by atoms with Crippen LogP contribution in [0, 0.1) is 18.3 Å². The molecule has 4 rings (SSSR count). The quantitative estimate of drug-likeness (QED) is 0.679. The number of amides is 2. The molecule has 0 bridgehead atoms. The fourth-order valence-corrected chi connectivity index (χ4v) is 4.26. The zero-order chi connectivity index (χ0) is 23.8. The van der Waals surface area contributed by atoms with E-state index in [0.29, 0.717) is 48.5 Å². The molecule has 1 saturated heterocycles. The van der Waals surface area contributed by atoms with Gasteiger partial charge in [0.05, 0.1) is 11.6 Å². The summed E-state index contributed by atoms with van der Waals surface area (Å²) in [5.41, 5.74) is 1.84. The second-order valence-corrected chi connectivity index (χ2v) is 9.82. The first-order valence-electron chi connectivity index (χ1n) is 11.5. The number of hydrogen-bond donors (Lipinski definition) is 0. The van der Waals surface area contributed by atoms with Crippen molar-refractivity contribution in [1.82, 2.24) is 15.0 Å². The van der Waals surface area contributed by atoms with Gasteiger partial charge in [0, 0.05) is 36.3 Å². The van der Waals surface area contributed by atoms with Crippen molar-refractivity contribution in [2.75, 3.05) is 13.1 Å². The minimum Gasteiger partial charge on any atom is -0.444 e. The van der Waals surface area contributed by atoms with Crippen LogP contribution in [0.2, 0.25) is 0 Å². The standard InChI is InChI=1S/C25H30N4O4/c1-16-21(27-33-22(16)18-7-5-17(15-26)6-8-18)23(30)29(19-9-10-19)20-11-13-28(14-12-20)24(31)32-25(2,3)4/h5-8,19-20H,9-14H2,1-4H3. The Hall–Kier alpha value is -3.34. The van der Waals surface area contributed by atoms with Crippen LogP contribution in [0.1, 0.15) is 68.1 Å². The summed E-state index contributed by atoms with van der Waals surface area (Å²) in [6.45, 7) is 8.54. The van der Waals surface area contributed by atoms with E-state index in [2.05, 4.69) is 11.2 Å². The molecule has 2 aromatic rings. The molecule has 33 heavy (non-hydrogen) atoms. The van der Waals surface area contributed by atoms with E-state index in [9.17, 15) is 9.59 Å². The van der Waals surface area contributed by atoms with E-state index in [-0.39, 0.29) is 24.1 Å². The minimum atomic E-state index is -0.527. The zero-order valence-corrected chi connectivity index (χ0v) is 19.6. The number of rotatable bonds is 4. The van der Waals surface area contributed by atoms with Crippen LogP contribution in [0.15, 0.2) is 28.8 Å². The van der Waals surface area contributed by atoms with Crippen molar-refractivity contribution in [3.8, 4) is 17.4 Å². The fourth-order valence-electron chi connectivity index (χ4n) is 4.26. The fraction of sp³-hybridized carbons (Fsp3) is 0.520. The highest BCUT2D eigenvalue weighted by Crippen LogP contribution is 2.35. The van der Waals surface area contributed by atoms with E-state index in [1.165, 1.54) is 0 Å². The minimum absolute atomic E-state index is 0.0538. The van der Waals surface area contributed by atoms with Gasteiger partial charge in [0.1, 0.15) is 5.60 Å². The third kappa shape index (κ3) is 5.03. The van der Waals surface area contributed by atoms with Gasteiger partial charge < -0.3 is 19.1 Å². The monoisotopic (exact) mass is 450 g/mol. The summed E-state index contributed by atoms with van der Waals surface area (Å²) < 4.78 is 11.0. The van der Waals surface area contributed by atoms with Crippen LogP contribution < -0.4 is 0 Å². The van der Waals surface area contributed by atoms with Gasteiger partial charge in [-0.3, -0.25) is 4.79 Å². The van der Waals surface area contributed by atoms with Gasteiger partial charge in [0.2, 0.25) is 0 Å². The normalized spacial score (nSPS) is 16.9. The summed E-state index contributed by atoms with van der Waals surface area (Å²) in [4.78, 5) is 29.6. The Kier molecular flexibility index (Phi) is 6.15. The lowest BCUT2D eigenvalue weighted by atomic mass is 10.0. The number of carbonyl (C=O) groups excluding carboxylic acids is 2. The van der Waals surface area contributed by atoms with Crippen molar-refractivity contribution in [2.24, 2.45) is 0 Å². The first-order chi connectivity index (χ1) is 15.7. The highest BCUT2D eigenvalue weighted by molar-refractivity contribution is 5.95. The number of nitriles is 1. The molecule has 2 heterocycles. The zero-order valence-electron chi connectivity index (χ0n) is 19.6. The Labute approximate surface area is 194 Å². The molecule has 2 fully saturated rings. The molecule has 1 aliphatic heterocycles. The molecular weight excluding hydrogens is 420 g/mol. The van der Waals surface area contributed by atoms with Crippen LogP contribution in [-0.4, -0.2) is 57.7 Å². The van der Waals surface area contributed by atoms with Crippen LogP contribution in [0.25, 0.3) is 11.3 Å². The topological polar surface area (TPSA) is 99.7 Å². The molecule has 1 aromatic heterocycles. The van der Waals surface area contributed by atoms with E-state index in [1.807, 2.05) is 32.6 Å². The summed E-state index contributed by atoms with van der Waals surface area (Å²) in [5.74, 6) is 0.424. The molecule has 0 unspecified atom stereocenters. The molecule has 0 radical (unpaired) electrons. The highest BCUT2D eigenvalue weighted by Gasteiger charge is 2.41. The number of carbonyl (C=O) groups is 2. The van der Waals surface area contributed by atoms with Crippen LogP contribution in [0.5, 0.6) is 0 Å². The summed E-state index contributed by atoms with van der Waals surface area (Å²) in [6.07, 6.45) is 3.08. The molecule has 1 saturated carbocycles. The Bertz CT molecular complexity index is 1070. The summed E-state index contributed by atoms with van der Waals surface area (Å²) in [6, 6.07) is 9.39. The summed E-state index contributed by atoms with van der Waals surface area (Å²) in [7, 11) is 0. The number of likely N-dealkylation sites (tertiary alicyclic amines) is 1. The lowest BCUT2D eigenvalue weighted by molar-refractivity contribution is 0.0141. The average molecular weight is 451 g/mol. The Morgan fingerprint density at radius 2 is 1.73 bits per heavy atom. The number of piperidine rings is 1. The molecule has 2 amide bonds. The first kappa shape index (κ1) is 22.8. The number of ether oxygens (including phenoxy) is 1. The van der Waals surface area contributed by atoms with Crippen molar-refractivity contribution in [1.29, 1.82) is 5.26 Å². The maximum absolute atomic E-state index is 13.5. The van der Waals surface area contributed by atoms with Crippen molar-refractivity contribution in [3.05, 3.63) is 41.1 Å². The van der Waals surface area contributed by atoms with Gasteiger partial charge in [0.15, 0.2) is 11.5 Å². The number of benzene rings is 1. The number of hydrogen-bond acceptors (Lipinski definition) is 6. The Morgan fingerprint density at radius 1 is 1.12 bits per heavy atom. The molecule has 8 heteroatoms. The summed E-state index contributed by atoms with van der Waals surface area (Å²) in [5, 5.41) is 13.1. The molecule has 1 aromatic carbocycles. The Balaban J connectivity index is 1.47. The van der Waals surface area contributed by atoms with Crippen LogP contribution in [-0.2, 0) is 4.74 Å². The lowest BCUT2D eigenvalue weighted by Crippen LogP contribution is -2.50. The van der Waals surface area contributed by atoms with Gasteiger partial charge in [-0.2, -0.15) is 5.26 Å². The van der Waals surface area contributed by atoms with Gasteiger partial charge in [0.25, 0.3) is 5.91 Å². The van der Waals surface area contributed by atoms with Crippen LogP contribution in [0.4, 0.5) is 4.79 Å². The molecule has 2 aliphatic rings. The van der Waals surface area contributed by atoms with Crippen LogP contribution in [0.3, 0.4) is 0 Å². The second kappa shape index (κ2) is 8.89. The SMILES string of the molecule is Cc1c(C(=O)N(C2CC2)C2CCN(C(=O)OC(C)(C)C)CC2)noc1-c1ccc(C#N)cc1. The molecular formula is C25H30N4O4. The lowest BCUT2D eigenvalue weighted by Gasteiger charge is -2.38. The average Bonchev–Trinajstić information content (AvgIpc) is 3.54. The first-order valence-corrected chi connectivity index (χ1v) is 11.5. The molecule has 0 atom stereocenters. The number of aromatic nitrogens is 1. The largest absolute Gasteiger partial charge is 0.444 e. The maximum Gasteiger partial charge on any atom is 0.410 e. The van der Waals surface area contributed by atoms with E-state index < -0.39 is 5.60 Å². The molecule has 0 spiro atoms. The third-order valence-electron chi connectivity index (χ3n) is 6.09. The van der Waals surface area contributed by atoms with Crippen LogP contribution >= 0.6 is 0 Å². The Morgan fingerprint density at radius 3 is 2.27 bits per heavy atom. The predicted molar refractivity (Wildman–Crippen MR) is 121 cm³/mol. The van der Waals surface area contributed by atoms with Crippen molar-refractivity contribution in [2.45, 2.75) is 71.1 Å². The number of nitrogens with zero attached hydrogens (tertiary/aromatic N) is 4. The maximum atomic E-state index is 13.5. The van der Waals surface area contributed by atoms with Gasteiger partial charge in [-0.15, -0.1) is 0 Å². The van der Waals surface area contributed by atoms with Crippen molar-refractivity contribution < 1.29 is 18.8 Å². The molecule has 8 nitrogen and oxygen atoms in total. The van der Waals surface area contributed by atoms with Gasteiger partial charge in [-0.25, -0.2) is 4.79 Å². The smallest absolute Gasteiger partial charge is 0.410 e. The molecule has 174 valence electrons. The van der Waals surface area contributed by atoms with Gasteiger partial charge in [-0.05, 0) is 77.6 Å². The summed E-state index contributed by atoms with van der Waals surface area (Å²) >= 11 is 0.